The van der Waals surface area contributed by atoms with E-state index in [0.717, 1.165) is 41.5 Å². The van der Waals surface area contributed by atoms with Gasteiger partial charge in [0.25, 0.3) is 0 Å². The summed E-state index contributed by atoms with van der Waals surface area (Å²) in [6.45, 7) is 3.19. The molecule has 1 aromatic carbocycles. The van der Waals surface area contributed by atoms with Crippen molar-refractivity contribution in [1.82, 2.24) is 4.90 Å². The van der Waals surface area contributed by atoms with Crippen LogP contribution in [0.25, 0.3) is 0 Å². The number of halogens is 1. The molecule has 1 atom stereocenters. The van der Waals surface area contributed by atoms with Gasteiger partial charge in [0.1, 0.15) is 6.04 Å². The summed E-state index contributed by atoms with van der Waals surface area (Å²) in [7, 11) is 0. The molecule has 2 aliphatic rings. The van der Waals surface area contributed by atoms with Crippen LogP contribution in [-0.4, -0.2) is 35.8 Å². The Morgan fingerprint density at radius 3 is 2.81 bits per heavy atom. The molecule has 0 aliphatic carbocycles. The molecule has 2 fully saturated rings. The number of nitrogens with zero attached hydrogens (tertiary/aromatic N) is 2. The number of amides is 2. The lowest BCUT2D eigenvalue weighted by Crippen LogP contribution is -2.49. The Morgan fingerprint density at radius 1 is 1.19 bits per heavy atom. The third-order valence-corrected chi connectivity index (χ3v) is 5.42. The molecule has 4 nitrogen and oxygen atoms in total. The van der Waals surface area contributed by atoms with Crippen molar-refractivity contribution >= 4 is 33.4 Å². The molecule has 0 spiro atoms. The van der Waals surface area contributed by atoms with Crippen molar-refractivity contribution in [1.29, 1.82) is 0 Å². The molecule has 1 aromatic rings. The number of hydrogen-bond donors (Lipinski definition) is 0. The van der Waals surface area contributed by atoms with Gasteiger partial charge >= 0.3 is 0 Å². The van der Waals surface area contributed by atoms with Gasteiger partial charge < -0.3 is 9.80 Å². The van der Waals surface area contributed by atoms with Crippen LogP contribution >= 0.6 is 15.9 Å². The summed E-state index contributed by atoms with van der Waals surface area (Å²) in [5, 5.41) is 0. The Morgan fingerprint density at radius 2 is 2.00 bits per heavy atom. The van der Waals surface area contributed by atoms with E-state index in [4.69, 9.17) is 0 Å². The molecule has 0 radical (unpaired) electrons. The second-order valence-electron chi connectivity index (χ2n) is 5.75. The maximum absolute atomic E-state index is 12.9. The quantitative estimate of drug-likeness (QED) is 0.781. The topological polar surface area (TPSA) is 40.6 Å². The van der Waals surface area contributed by atoms with Crippen LogP contribution in [0.2, 0.25) is 0 Å². The van der Waals surface area contributed by atoms with Gasteiger partial charge in [0.2, 0.25) is 11.8 Å². The first-order valence-electron chi connectivity index (χ1n) is 7.45. The Labute approximate surface area is 133 Å². The highest BCUT2D eigenvalue weighted by Crippen LogP contribution is 2.32. The second-order valence-corrected chi connectivity index (χ2v) is 6.54. The fraction of sp³-hybridized carbons (Fsp3) is 0.500. The molecule has 0 saturated carbocycles. The van der Waals surface area contributed by atoms with E-state index < -0.39 is 0 Å². The molecule has 2 heterocycles. The van der Waals surface area contributed by atoms with E-state index in [2.05, 4.69) is 15.9 Å². The fourth-order valence-electron chi connectivity index (χ4n) is 3.21. The maximum Gasteiger partial charge on any atom is 0.249 e. The minimum absolute atomic E-state index is 0.0619. The van der Waals surface area contributed by atoms with Crippen LogP contribution < -0.4 is 4.90 Å². The Kier molecular flexibility index (Phi) is 4.02. The van der Waals surface area contributed by atoms with Crippen LogP contribution in [-0.2, 0) is 9.59 Å². The first-order chi connectivity index (χ1) is 10.1. The first kappa shape index (κ1) is 14.6. The van der Waals surface area contributed by atoms with E-state index in [-0.39, 0.29) is 17.9 Å². The molecule has 0 N–H and O–H groups in total. The summed E-state index contributed by atoms with van der Waals surface area (Å²) in [5.74, 6) is 0.172. The number of rotatable bonds is 1. The van der Waals surface area contributed by atoms with Gasteiger partial charge in [-0.15, -0.1) is 0 Å². The number of aryl methyl sites for hydroxylation is 1. The van der Waals surface area contributed by atoms with Crippen molar-refractivity contribution in [2.75, 3.05) is 18.0 Å². The van der Waals surface area contributed by atoms with Gasteiger partial charge in [0.05, 0.1) is 5.69 Å². The number of anilines is 1. The summed E-state index contributed by atoms with van der Waals surface area (Å²) < 4.78 is 0.940. The van der Waals surface area contributed by atoms with Gasteiger partial charge in [-0.1, -0.05) is 12.1 Å². The summed E-state index contributed by atoms with van der Waals surface area (Å²) >= 11 is 3.58. The van der Waals surface area contributed by atoms with Crippen LogP contribution in [0, 0.1) is 6.92 Å². The van der Waals surface area contributed by atoms with E-state index in [1.54, 1.807) is 9.80 Å². The van der Waals surface area contributed by atoms with E-state index in [1.165, 1.54) is 0 Å². The number of fused-ring (bicyclic) bond motifs is 1. The highest BCUT2D eigenvalue weighted by atomic mass is 79.9. The average Bonchev–Trinajstić information content (AvgIpc) is 2.62. The summed E-state index contributed by atoms with van der Waals surface area (Å²) in [6, 6.07) is 5.63. The molecule has 2 saturated heterocycles. The van der Waals surface area contributed by atoms with E-state index in [1.807, 2.05) is 25.1 Å². The Hall–Kier alpha value is -1.36. The van der Waals surface area contributed by atoms with Gasteiger partial charge in [-0.2, -0.15) is 0 Å². The fourth-order valence-corrected chi connectivity index (χ4v) is 3.69. The number of carbonyl (C=O) groups is 2. The third-order valence-electron chi connectivity index (χ3n) is 4.39. The Balaban J connectivity index is 1.97. The van der Waals surface area contributed by atoms with Crippen LogP contribution in [0.15, 0.2) is 22.7 Å². The van der Waals surface area contributed by atoms with Crippen molar-refractivity contribution < 1.29 is 9.59 Å². The molecule has 112 valence electrons. The van der Waals surface area contributed by atoms with E-state index in [9.17, 15) is 9.59 Å². The molecule has 2 amide bonds. The lowest BCUT2D eigenvalue weighted by atomic mass is 10.0. The third kappa shape index (κ3) is 2.59. The second kappa shape index (κ2) is 5.79. The van der Waals surface area contributed by atoms with Crippen molar-refractivity contribution in [2.45, 2.75) is 38.6 Å². The largest absolute Gasteiger partial charge is 0.331 e. The van der Waals surface area contributed by atoms with Crippen molar-refractivity contribution in [2.24, 2.45) is 0 Å². The zero-order valence-electron chi connectivity index (χ0n) is 12.1. The average molecular weight is 351 g/mol. The first-order valence-corrected chi connectivity index (χ1v) is 8.25. The highest BCUT2D eigenvalue weighted by molar-refractivity contribution is 9.10. The molecule has 0 aromatic heterocycles. The van der Waals surface area contributed by atoms with Crippen molar-refractivity contribution in [3.63, 3.8) is 0 Å². The molecular formula is C16H19BrN2O2. The standard InChI is InChI=1S/C16H19BrN2O2/c1-11-5-4-7-12(15(11)17)19-10-8-14(20)18-9-3-2-6-13(18)16(19)21/h4-5,7,13H,2-3,6,8-10H2,1H3. The molecule has 1 unspecified atom stereocenters. The SMILES string of the molecule is Cc1cccc(N2CCC(=O)N3CCCCC3C2=O)c1Br. The monoisotopic (exact) mass is 350 g/mol. The zero-order valence-corrected chi connectivity index (χ0v) is 13.7. The number of hydrogen-bond acceptors (Lipinski definition) is 2. The lowest BCUT2D eigenvalue weighted by molar-refractivity contribution is -0.138. The molecule has 5 heteroatoms. The van der Waals surface area contributed by atoms with Crippen LogP contribution in [0.4, 0.5) is 5.69 Å². The molecular weight excluding hydrogens is 332 g/mol. The van der Waals surface area contributed by atoms with Crippen LogP contribution in [0.3, 0.4) is 0 Å². The van der Waals surface area contributed by atoms with Crippen molar-refractivity contribution in [3.8, 4) is 0 Å². The van der Waals surface area contributed by atoms with Gasteiger partial charge in [-0.25, -0.2) is 0 Å². The van der Waals surface area contributed by atoms with Crippen LogP contribution in [0.1, 0.15) is 31.2 Å². The smallest absolute Gasteiger partial charge is 0.249 e. The van der Waals surface area contributed by atoms with E-state index in [0.29, 0.717) is 13.0 Å². The normalized spacial score (nSPS) is 23.0. The molecule has 3 rings (SSSR count). The van der Waals surface area contributed by atoms with Crippen LogP contribution in [0.5, 0.6) is 0 Å². The van der Waals surface area contributed by atoms with Gasteiger partial charge in [0, 0.05) is 24.0 Å². The molecule has 21 heavy (non-hydrogen) atoms. The minimum Gasteiger partial charge on any atom is -0.331 e. The minimum atomic E-state index is -0.277. The summed E-state index contributed by atoms with van der Waals surface area (Å²) in [5.41, 5.74) is 1.97. The zero-order chi connectivity index (χ0) is 15.0. The van der Waals surface area contributed by atoms with E-state index >= 15 is 0 Å². The molecule has 2 aliphatic heterocycles. The number of carbonyl (C=O) groups excluding carboxylic acids is 2. The van der Waals surface area contributed by atoms with Gasteiger partial charge in [-0.3, -0.25) is 9.59 Å². The number of benzene rings is 1. The van der Waals surface area contributed by atoms with Gasteiger partial charge in [-0.05, 0) is 53.7 Å². The summed E-state index contributed by atoms with van der Waals surface area (Å²) in [6.07, 6.45) is 3.21. The predicted octanol–water partition coefficient (Wildman–Crippen LogP) is 2.88. The Bertz CT molecular complexity index is 588. The van der Waals surface area contributed by atoms with Crippen molar-refractivity contribution in [3.05, 3.63) is 28.2 Å². The van der Waals surface area contributed by atoms with Gasteiger partial charge in [0.15, 0.2) is 0 Å². The number of piperidine rings is 1. The predicted molar refractivity (Wildman–Crippen MR) is 85.2 cm³/mol. The highest BCUT2D eigenvalue weighted by Gasteiger charge is 2.38. The molecule has 0 bridgehead atoms. The summed E-state index contributed by atoms with van der Waals surface area (Å²) in [4.78, 5) is 28.7. The maximum atomic E-state index is 12.9. The lowest BCUT2D eigenvalue weighted by Gasteiger charge is -2.34.